The fraction of sp³-hybridized carbons (Fsp3) is 0.526. The Morgan fingerprint density at radius 1 is 1.32 bits per heavy atom. The molecule has 2 aromatic rings. The van der Waals surface area contributed by atoms with Gasteiger partial charge in [0.25, 0.3) is 0 Å². The molecular weight excluding hydrogens is 319 g/mol. The maximum atomic E-state index is 13.2. The molecule has 6 heteroatoms. The molecule has 0 fully saturated rings. The SMILES string of the molecule is CCNC(=NCCCOC(C)C)NCCc1c[nH]c2cc(F)ccc12. The number of nitrogens with one attached hydrogen (secondary N) is 3. The summed E-state index contributed by atoms with van der Waals surface area (Å²) in [6.07, 6.45) is 3.95. The van der Waals surface area contributed by atoms with Crippen molar-refractivity contribution >= 4 is 16.9 Å². The normalized spacial score (nSPS) is 12.1. The third-order valence-corrected chi connectivity index (χ3v) is 3.78. The second-order valence-corrected chi connectivity index (χ2v) is 6.21. The lowest BCUT2D eigenvalue weighted by Crippen LogP contribution is -2.38. The van der Waals surface area contributed by atoms with Gasteiger partial charge in [-0.25, -0.2) is 4.39 Å². The molecule has 1 heterocycles. The summed E-state index contributed by atoms with van der Waals surface area (Å²) in [5.41, 5.74) is 2.00. The smallest absolute Gasteiger partial charge is 0.191 e. The monoisotopic (exact) mass is 348 g/mol. The third-order valence-electron chi connectivity index (χ3n) is 3.78. The summed E-state index contributed by atoms with van der Waals surface area (Å²) in [5, 5.41) is 7.66. The van der Waals surface area contributed by atoms with Crippen LogP contribution in [-0.4, -0.2) is 43.3 Å². The quantitative estimate of drug-likeness (QED) is 0.370. The average molecular weight is 348 g/mol. The zero-order chi connectivity index (χ0) is 18.1. The molecular formula is C19H29FN4O. The van der Waals surface area contributed by atoms with Gasteiger partial charge in [-0.15, -0.1) is 0 Å². The molecule has 0 aliphatic carbocycles. The van der Waals surface area contributed by atoms with Crippen molar-refractivity contribution in [2.45, 2.75) is 39.7 Å². The summed E-state index contributed by atoms with van der Waals surface area (Å²) in [5.74, 6) is 0.597. The van der Waals surface area contributed by atoms with Crippen LogP contribution in [0.2, 0.25) is 0 Å². The molecule has 0 amide bonds. The Morgan fingerprint density at radius 2 is 2.16 bits per heavy atom. The Kier molecular flexibility index (Phi) is 7.73. The van der Waals surface area contributed by atoms with Gasteiger partial charge < -0.3 is 20.4 Å². The fourth-order valence-corrected chi connectivity index (χ4v) is 2.60. The highest BCUT2D eigenvalue weighted by molar-refractivity contribution is 5.83. The molecule has 138 valence electrons. The molecule has 0 spiro atoms. The minimum atomic E-state index is -0.220. The molecule has 0 radical (unpaired) electrons. The van der Waals surface area contributed by atoms with E-state index in [1.165, 1.54) is 17.7 Å². The van der Waals surface area contributed by atoms with E-state index in [2.05, 4.69) is 20.6 Å². The first kappa shape index (κ1) is 19.2. The summed E-state index contributed by atoms with van der Waals surface area (Å²) < 4.78 is 18.8. The Labute approximate surface area is 149 Å². The lowest BCUT2D eigenvalue weighted by Gasteiger charge is -2.11. The van der Waals surface area contributed by atoms with E-state index >= 15 is 0 Å². The number of hydrogen-bond donors (Lipinski definition) is 3. The molecule has 25 heavy (non-hydrogen) atoms. The second kappa shape index (κ2) is 10.0. The van der Waals surface area contributed by atoms with Gasteiger partial charge in [-0.2, -0.15) is 0 Å². The van der Waals surface area contributed by atoms with Gasteiger partial charge in [-0.05, 0) is 57.4 Å². The van der Waals surface area contributed by atoms with Gasteiger partial charge in [0.15, 0.2) is 5.96 Å². The Hall–Kier alpha value is -2.08. The number of ether oxygens (including phenoxy) is 1. The molecule has 5 nitrogen and oxygen atoms in total. The van der Waals surface area contributed by atoms with Crippen LogP contribution in [0.4, 0.5) is 4.39 Å². The number of guanidine groups is 1. The van der Waals surface area contributed by atoms with E-state index < -0.39 is 0 Å². The Bertz CT molecular complexity index is 681. The number of aromatic amines is 1. The zero-order valence-corrected chi connectivity index (χ0v) is 15.4. The summed E-state index contributed by atoms with van der Waals surface area (Å²) >= 11 is 0. The predicted octanol–water partition coefficient (Wildman–Crippen LogP) is 3.22. The van der Waals surface area contributed by atoms with Crippen LogP contribution in [0.5, 0.6) is 0 Å². The summed E-state index contributed by atoms with van der Waals surface area (Å²) in [4.78, 5) is 7.68. The average Bonchev–Trinajstić information content (AvgIpc) is 2.96. The molecule has 0 saturated heterocycles. The lowest BCUT2D eigenvalue weighted by atomic mass is 10.1. The summed E-state index contributed by atoms with van der Waals surface area (Å²) in [6, 6.07) is 4.85. The highest BCUT2D eigenvalue weighted by Gasteiger charge is 2.05. The topological polar surface area (TPSA) is 61.4 Å². The third kappa shape index (κ3) is 6.38. The minimum absolute atomic E-state index is 0.220. The van der Waals surface area contributed by atoms with Crippen molar-refractivity contribution in [3.63, 3.8) is 0 Å². The summed E-state index contributed by atoms with van der Waals surface area (Å²) in [7, 11) is 0. The van der Waals surface area contributed by atoms with Crippen LogP contribution in [0.3, 0.4) is 0 Å². The Balaban J connectivity index is 1.81. The molecule has 0 aliphatic heterocycles. The highest BCUT2D eigenvalue weighted by Crippen LogP contribution is 2.19. The van der Waals surface area contributed by atoms with Gasteiger partial charge >= 0.3 is 0 Å². The number of H-pyrrole nitrogens is 1. The molecule has 2 rings (SSSR count). The van der Waals surface area contributed by atoms with Crippen molar-refractivity contribution in [2.24, 2.45) is 4.99 Å². The van der Waals surface area contributed by atoms with Crippen molar-refractivity contribution in [2.75, 3.05) is 26.2 Å². The van der Waals surface area contributed by atoms with Crippen LogP contribution in [0.1, 0.15) is 32.8 Å². The van der Waals surface area contributed by atoms with Gasteiger partial charge in [-0.3, -0.25) is 4.99 Å². The van der Waals surface area contributed by atoms with E-state index in [1.807, 2.05) is 33.0 Å². The number of aliphatic imine (C=N–C) groups is 1. The van der Waals surface area contributed by atoms with Crippen LogP contribution in [-0.2, 0) is 11.2 Å². The van der Waals surface area contributed by atoms with E-state index in [1.54, 1.807) is 0 Å². The standard InChI is InChI=1S/C19H29FN4O/c1-4-21-19(22-9-5-11-25-14(2)3)23-10-8-15-13-24-18-12-16(20)6-7-17(15)18/h6-7,12-14,24H,4-5,8-11H2,1-3H3,(H2,21,22,23). The first-order chi connectivity index (χ1) is 12.1. The van der Waals surface area contributed by atoms with Gasteiger partial charge in [0.2, 0.25) is 0 Å². The van der Waals surface area contributed by atoms with Crippen LogP contribution in [0.15, 0.2) is 29.4 Å². The van der Waals surface area contributed by atoms with Gasteiger partial charge in [0.05, 0.1) is 6.10 Å². The molecule has 0 saturated carbocycles. The van der Waals surface area contributed by atoms with Crippen molar-refractivity contribution in [1.82, 2.24) is 15.6 Å². The van der Waals surface area contributed by atoms with Crippen LogP contribution >= 0.6 is 0 Å². The maximum Gasteiger partial charge on any atom is 0.191 e. The lowest BCUT2D eigenvalue weighted by molar-refractivity contribution is 0.0782. The highest BCUT2D eigenvalue weighted by atomic mass is 19.1. The number of halogens is 1. The predicted molar refractivity (Wildman–Crippen MR) is 102 cm³/mol. The minimum Gasteiger partial charge on any atom is -0.379 e. The summed E-state index contributed by atoms with van der Waals surface area (Å²) in [6.45, 7) is 9.16. The van der Waals surface area contributed by atoms with E-state index in [9.17, 15) is 4.39 Å². The second-order valence-electron chi connectivity index (χ2n) is 6.21. The largest absolute Gasteiger partial charge is 0.379 e. The molecule has 1 aromatic carbocycles. The number of aromatic nitrogens is 1. The van der Waals surface area contributed by atoms with Crippen LogP contribution < -0.4 is 10.6 Å². The Morgan fingerprint density at radius 3 is 2.92 bits per heavy atom. The van der Waals surface area contributed by atoms with Crippen LogP contribution in [0.25, 0.3) is 10.9 Å². The van der Waals surface area contributed by atoms with Crippen LogP contribution in [0, 0.1) is 5.82 Å². The van der Waals surface area contributed by atoms with Gasteiger partial charge in [0.1, 0.15) is 5.82 Å². The molecule has 0 atom stereocenters. The van der Waals surface area contributed by atoms with Gasteiger partial charge in [0, 0.05) is 43.3 Å². The number of benzene rings is 1. The van der Waals surface area contributed by atoms with Crippen molar-refractivity contribution in [3.05, 3.63) is 35.8 Å². The molecule has 0 aliphatic rings. The molecule has 3 N–H and O–H groups in total. The van der Waals surface area contributed by atoms with Crippen molar-refractivity contribution in [1.29, 1.82) is 0 Å². The number of rotatable bonds is 9. The van der Waals surface area contributed by atoms with E-state index in [-0.39, 0.29) is 11.9 Å². The number of fused-ring (bicyclic) bond motifs is 1. The molecule has 0 bridgehead atoms. The number of hydrogen-bond acceptors (Lipinski definition) is 2. The van der Waals surface area contributed by atoms with E-state index in [0.717, 1.165) is 55.9 Å². The zero-order valence-electron chi connectivity index (χ0n) is 15.4. The first-order valence-electron chi connectivity index (χ1n) is 8.99. The maximum absolute atomic E-state index is 13.2. The van der Waals surface area contributed by atoms with Gasteiger partial charge in [-0.1, -0.05) is 0 Å². The molecule has 0 unspecified atom stereocenters. The van der Waals surface area contributed by atoms with E-state index in [0.29, 0.717) is 0 Å². The fourth-order valence-electron chi connectivity index (χ4n) is 2.60. The molecule has 1 aromatic heterocycles. The first-order valence-corrected chi connectivity index (χ1v) is 8.99. The van der Waals surface area contributed by atoms with Crippen molar-refractivity contribution < 1.29 is 9.13 Å². The number of nitrogens with zero attached hydrogens (tertiary/aromatic N) is 1. The van der Waals surface area contributed by atoms with E-state index in [4.69, 9.17) is 4.74 Å². The van der Waals surface area contributed by atoms with Crippen molar-refractivity contribution in [3.8, 4) is 0 Å².